The van der Waals surface area contributed by atoms with E-state index in [0.29, 0.717) is 23.6 Å². The summed E-state index contributed by atoms with van der Waals surface area (Å²) in [4.78, 5) is 21.7. The van der Waals surface area contributed by atoms with Crippen LogP contribution in [0.3, 0.4) is 0 Å². The standard InChI is InChI=1S/C24H31N5O/c1-4-20(5-2)29-15-16(3)21-14-25-24(28-22(21)29)27-19-12-10-17(11-13-19)23(30)26-18-8-6-7-9-18/h10-15,18,20H,4-9H2,1-3H3,(H,26,30)(H,25,27,28). The van der Waals surface area contributed by atoms with Crippen molar-refractivity contribution >= 4 is 28.6 Å². The highest BCUT2D eigenvalue weighted by atomic mass is 16.1. The molecule has 0 spiro atoms. The van der Waals surface area contributed by atoms with Crippen LogP contribution >= 0.6 is 0 Å². The Balaban J connectivity index is 1.51. The molecule has 2 heterocycles. The van der Waals surface area contributed by atoms with Crippen LogP contribution < -0.4 is 10.6 Å². The number of carbonyl (C=O) groups excluding carboxylic acids is 1. The zero-order chi connectivity index (χ0) is 21.1. The van der Waals surface area contributed by atoms with Crippen molar-refractivity contribution in [1.29, 1.82) is 0 Å². The second kappa shape index (κ2) is 8.86. The molecule has 158 valence electrons. The Morgan fingerprint density at radius 1 is 1.17 bits per heavy atom. The van der Waals surface area contributed by atoms with E-state index in [0.717, 1.165) is 42.4 Å². The van der Waals surface area contributed by atoms with E-state index in [1.54, 1.807) is 0 Å². The molecule has 3 aromatic rings. The fourth-order valence-corrected chi connectivity index (χ4v) is 4.38. The molecule has 0 aliphatic heterocycles. The predicted molar refractivity (Wildman–Crippen MR) is 121 cm³/mol. The number of aromatic nitrogens is 3. The molecular formula is C24H31N5O. The van der Waals surface area contributed by atoms with E-state index in [1.165, 1.54) is 18.4 Å². The van der Waals surface area contributed by atoms with Crippen molar-refractivity contribution in [2.75, 3.05) is 5.32 Å². The number of nitrogens with zero attached hydrogens (tertiary/aromatic N) is 3. The fraction of sp³-hybridized carbons (Fsp3) is 0.458. The molecule has 1 saturated carbocycles. The van der Waals surface area contributed by atoms with Crippen LogP contribution in [0.25, 0.3) is 11.0 Å². The molecule has 1 aliphatic rings. The maximum Gasteiger partial charge on any atom is 0.251 e. The summed E-state index contributed by atoms with van der Waals surface area (Å²) in [6.07, 6.45) is 10.8. The summed E-state index contributed by atoms with van der Waals surface area (Å²) in [5.41, 5.74) is 3.71. The Morgan fingerprint density at radius 3 is 2.53 bits per heavy atom. The molecule has 1 fully saturated rings. The van der Waals surface area contributed by atoms with Gasteiger partial charge in [0.15, 0.2) is 0 Å². The number of nitrogens with one attached hydrogen (secondary N) is 2. The highest BCUT2D eigenvalue weighted by molar-refractivity contribution is 5.94. The second-order valence-electron chi connectivity index (χ2n) is 8.28. The Kier molecular flexibility index (Phi) is 6.02. The van der Waals surface area contributed by atoms with Crippen molar-refractivity contribution in [2.45, 2.75) is 71.4 Å². The SMILES string of the molecule is CCC(CC)n1cc(C)c2cnc(Nc3ccc(C(=O)NC4CCCC4)cc3)nc21. The van der Waals surface area contributed by atoms with E-state index >= 15 is 0 Å². The quantitative estimate of drug-likeness (QED) is 0.543. The summed E-state index contributed by atoms with van der Waals surface area (Å²) in [5, 5.41) is 7.50. The molecule has 0 radical (unpaired) electrons. The van der Waals surface area contributed by atoms with E-state index in [2.05, 4.69) is 47.2 Å². The van der Waals surface area contributed by atoms with Crippen LogP contribution in [-0.2, 0) is 0 Å². The normalized spacial score (nSPS) is 14.5. The highest BCUT2D eigenvalue weighted by Crippen LogP contribution is 2.27. The van der Waals surface area contributed by atoms with Gasteiger partial charge in [-0.15, -0.1) is 0 Å². The number of anilines is 2. The molecule has 30 heavy (non-hydrogen) atoms. The number of rotatable bonds is 7. The molecule has 2 aromatic heterocycles. The summed E-state index contributed by atoms with van der Waals surface area (Å²) in [5.74, 6) is 0.570. The molecule has 2 N–H and O–H groups in total. The molecule has 0 atom stereocenters. The maximum absolute atomic E-state index is 12.4. The lowest BCUT2D eigenvalue weighted by Crippen LogP contribution is -2.32. The summed E-state index contributed by atoms with van der Waals surface area (Å²) in [6, 6.07) is 8.27. The molecule has 1 aromatic carbocycles. The highest BCUT2D eigenvalue weighted by Gasteiger charge is 2.18. The van der Waals surface area contributed by atoms with Crippen LogP contribution in [0.2, 0.25) is 0 Å². The molecule has 0 bridgehead atoms. The first-order valence-corrected chi connectivity index (χ1v) is 11.1. The first-order chi connectivity index (χ1) is 14.6. The van der Waals surface area contributed by atoms with Crippen LogP contribution in [-0.4, -0.2) is 26.5 Å². The van der Waals surface area contributed by atoms with Crippen LogP contribution in [0.15, 0.2) is 36.7 Å². The molecule has 6 nitrogen and oxygen atoms in total. The number of fused-ring (bicyclic) bond motifs is 1. The first-order valence-electron chi connectivity index (χ1n) is 11.1. The van der Waals surface area contributed by atoms with Crippen molar-refractivity contribution in [3.63, 3.8) is 0 Å². The van der Waals surface area contributed by atoms with Gasteiger partial charge in [-0.05, 0) is 62.4 Å². The average Bonchev–Trinajstić information content (AvgIpc) is 3.38. The molecule has 6 heteroatoms. The average molecular weight is 406 g/mol. The number of carbonyl (C=O) groups is 1. The summed E-state index contributed by atoms with van der Waals surface area (Å²) in [7, 11) is 0. The number of aryl methyl sites for hydroxylation is 1. The third-order valence-electron chi connectivity index (χ3n) is 6.20. The third-order valence-corrected chi connectivity index (χ3v) is 6.20. The number of hydrogen-bond acceptors (Lipinski definition) is 4. The van der Waals surface area contributed by atoms with Gasteiger partial charge in [0.05, 0.1) is 0 Å². The smallest absolute Gasteiger partial charge is 0.251 e. The van der Waals surface area contributed by atoms with Gasteiger partial charge in [-0.1, -0.05) is 26.7 Å². The number of hydrogen-bond donors (Lipinski definition) is 2. The van der Waals surface area contributed by atoms with Gasteiger partial charge >= 0.3 is 0 Å². The van der Waals surface area contributed by atoms with Crippen LogP contribution in [0.1, 0.15) is 74.3 Å². The summed E-state index contributed by atoms with van der Waals surface area (Å²) in [6.45, 7) is 6.52. The topological polar surface area (TPSA) is 71.8 Å². The largest absolute Gasteiger partial charge is 0.349 e. The van der Waals surface area contributed by atoms with Gasteiger partial charge in [0.25, 0.3) is 5.91 Å². The van der Waals surface area contributed by atoms with Gasteiger partial charge in [-0.2, -0.15) is 4.98 Å². The zero-order valence-corrected chi connectivity index (χ0v) is 18.1. The molecule has 0 unspecified atom stereocenters. The second-order valence-corrected chi connectivity index (χ2v) is 8.28. The number of benzene rings is 1. The summed E-state index contributed by atoms with van der Waals surface area (Å²) >= 11 is 0. The Bertz CT molecular complexity index is 1010. The van der Waals surface area contributed by atoms with E-state index in [9.17, 15) is 4.79 Å². The van der Waals surface area contributed by atoms with E-state index in [1.807, 2.05) is 30.5 Å². The lowest BCUT2D eigenvalue weighted by molar-refractivity contribution is 0.0938. The fourth-order valence-electron chi connectivity index (χ4n) is 4.38. The van der Waals surface area contributed by atoms with Crippen molar-refractivity contribution in [3.05, 3.63) is 47.8 Å². The van der Waals surface area contributed by atoms with Gasteiger partial charge < -0.3 is 15.2 Å². The van der Waals surface area contributed by atoms with Crippen LogP contribution in [0.5, 0.6) is 0 Å². The van der Waals surface area contributed by atoms with Crippen molar-refractivity contribution in [2.24, 2.45) is 0 Å². The Morgan fingerprint density at radius 2 is 1.87 bits per heavy atom. The Hall–Kier alpha value is -2.89. The lowest BCUT2D eigenvalue weighted by atomic mass is 10.1. The lowest BCUT2D eigenvalue weighted by Gasteiger charge is -2.16. The minimum absolute atomic E-state index is 0.00425. The number of amides is 1. The van der Waals surface area contributed by atoms with Gasteiger partial charge in [-0.25, -0.2) is 4.98 Å². The van der Waals surface area contributed by atoms with E-state index in [4.69, 9.17) is 4.98 Å². The zero-order valence-electron chi connectivity index (χ0n) is 18.1. The van der Waals surface area contributed by atoms with E-state index in [-0.39, 0.29) is 5.91 Å². The van der Waals surface area contributed by atoms with Gasteiger partial charge in [0, 0.05) is 41.1 Å². The van der Waals surface area contributed by atoms with Gasteiger partial charge in [0.2, 0.25) is 5.95 Å². The molecule has 4 rings (SSSR count). The van der Waals surface area contributed by atoms with Crippen molar-refractivity contribution in [3.8, 4) is 0 Å². The summed E-state index contributed by atoms with van der Waals surface area (Å²) < 4.78 is 2.27. The van der Waals surface area contributed by atoms with Gasteiger partial charge in [0.1, 0.15) is 5.65 Å². The monoisotopic (exact) mass is 405 g/mol. The molecule has 0 saturated heterocycles. The van der Waals surface area contributed by atoms with E-state index < -0.39 is 0 Å². The minimum Gasteiger partial charge on any atom is -0.349 e. The van der Waals surface area contributed by atoms with Crippen LogP contribution in [0, 0.1) is 6.92 Å². The first kappa shape index (κ1) is 20.4. The Labute approximate surface area is 178 Å². The molecule has 1 aliphatic carbocycles. The predicted octanol–water partition coefficient (Wildman–Crippen LogP) is 5.52. The third kappa shape index (κ3) is 4.18. The minimum atomic E-state index is 0.00425. The van der Waals surface area contributed by atoms with Gasteiger partial charge in [-0.3, -0.25) is 4.79 Å². The van der Waals surface area contributed by atoms with Crippen molar-refractivity contribution in [1.82, 2.24) is 19.9 Å². The molecule has 1 amide bonds. The van der Waals surface area contributed by atoms with Crippen molar-refractivity contribution < 1.29 is 4.79 Å². The molecular weight excluding hydrogens is 374 g/mol. The van der Waals surface area contributed by atoms with Crippen LogP contribution in [0.4, 0.5) is 11.6 Å². The maximum atomic E-state index is 12.4.